The summed E-state index contributed by atoms with van der Waals surface area (Å²) in [6, 6.07) is 3.79. The van der Waals surface area contributed by atoms with Crippen LogP contribution in [0.15, 0.2) is 18.2 Å². The largest absolute Gasteiger partial charge is 0.504 e. The van der Waals surface area contributed by atoms with Crippen LogP contribution in [0, 0.1) is 0 Å². The predicted molar refractivity (Wildman–Crippen MR) is 75.1 cm³/mol. The zero-order valence-electron chi connectivity index (χ0n) is 11.9. The molecule has 1 unspecified atom stereocenters. The number of benzene rings is 1. The Morgan fingerprint density at radius 3 is 2.71 bits per heavy atom. The lowest BCUT2D eigenvalue weighted by atomic mass is 9.98. The Morgan fingerprint density at radius 2 is 2.05 bits per heavy atom. The first-order valence-electron chi connectivity index (χ1n) is 6.92. The number of carbonyl (C=O) groups excluding carboxylic acids is 2. The van der Waals surface area contributed by atoms with Crippen LogP contribution in [0.1, 0.15) is 36.0 Å². The number of likely N-dealkylation sites (tertiary alicyclic amines) is 1. The van der Waals surface area contributed by atoms with E-state index in [1.165, 1.54) is 25.3 Å². The van der Waals surface area contributed by atoms with E-state index in [0.29, 0.717) is 12.1 Å². The zero-order valence-corrected chi connectivity index (χ0v) is 11.9. The van der Waals surface area contributed by atoms with Gasteiger partial charge in [0, 0.05) is 18.2 Å². The second-order valence-corrected chi connectivity index (χ2v) is 5.13. The summed E-state index contributed by atoms with van der Waals surface area (Å²) >= 11 is 0. The molecule has 0 aliphatic carbocycles. The third-order valence-electron chi connectivity index (χ3n) is 3.74. The summed E-state index contributed by atoms with van der Waals surface area (Å²) in [6.45, 7) is 0.572. The molecule has 2 rings (SSSR count). The summed E-state index contributed by atoms with van der Waals surface area (Å²) in [5, 5.41) is 18.8. The van der Waals surface area contributed by atoms with Gasteiger partial charge in [-0.25, -0.2) is 0 Å². The SMILES string of the molecule is COC(=O)CC1CCCCN1C(=O)c1ccc(O)c(O)c1. The lowest BCUT2D eigenvalue weighted by Gasteiger charge is -2.35. The Morgan fingerprint density at radius 1 is 1.29 bits per heavy atom. The average Bonchev–Trinajstić information content (AvgIpc) is 2.49. The van der Waals surface area contributed by atoms with Crippen molar-refractivity contribution >= 4 is 11.9 Å². The summed E-state index contributed by atoms with van der Waals surface area (Å²) in [4.78, 5) is 25.6. The Kier molecular flexibility index (Phi) is 4.67. The van der Waals surface area contributed by atoms with E-state index < -0.39 is 0 Å². The van der Waals surface area contributed by atoms with E-state index in [9.17, 15) is 19.8 Å². The van der Waals surface area contributed by atoms with Crippen molar-refractivity contribution in [3.05, 3.63) is 23.8 Å². The molecule has 0 bridgehead atoms. The van der Waals surface area contributed by atoms with Gasteiger partial charge < -0.3 is 19.8 Å². The molecule has 1 heterocycles. The molecule has 1 aromatic carbocycles. The molecule has 0 radical (unpaired) electrons. The van der Waals surface area contributed by atoms with Gasteiger partial charge in [0.05, 0.1) is 13.5 Å². The minimum Gasteiger partial charge on any atom is -0.504 e. The smallest absolute Gasteiger partial charge is 0.307 e. The van der Waals surface area contributed by atoms with Crippen LogP contribution in [-0.2, 0) is 9.53 Å². The molecule has 1 amide bonds. The first-order chi connectivity index (χ1) is 10.0. The van der Waals surface area contributed by atoms with Crippen LogP contribution in [0.25, 0.3) is 0 Å². The zero-order chi connectivity index (χ0) is 15.4. The molecule has 1 aliphatic heterocycles. The predicted octanol–water partition coefficient (Wildman–Crippen LogP) is 1.66. The fourth-order valence-corrected chi connectivity index (χ4v) is 2.58. The fraction of sp³-hybridized carbons (Fsp3) is 0.467. The number of phenols is 2. The molecule has 2 N–H and O–H groups in total. The number of carbonyl (C=O) groups is 2. The van der Waals surface area contributed by atoms with Gasteiger partial charge in [-0.3, -0.25) is 9.59 Å². The highest BCUT2D eigenvalue weighted by Gasteiger charge is 2.29. The topological polar surface area (TPSA) is 87.1 Å². The molecule has 6 nitrogen and oxygen atoms in total. The summed E-state index contributed by atoms with van der Waals surface area (Å²) < 4.78 is 4.67. The number of esters is 1. The van der Waals surface area contributed by atoms with Crippen LogP contribution in [0.4, 0.5) is 0 Å². The van der Waals surface area contributed by atoms with Crippen molar-refractivity contribution in [3.8, 4) is 11.5 Å². The average molecular weight is 293 g/mol. The molecule has 21 heavy (non-hydrogen) atoms. The van der Waals surface area contributed by atoms with Crippen molar-refractivity contribution in [1.82, 2.24) is 4.90 Å². The lowest BCUT2D eigenvalue weighted by molar-refractivity contribution is -0.142. The van der Waals surface area contributed by atoms with Gasteiger partial charge in [-0.05, 0) is 37.5 Å². The van der Waals surface area contributed by atoms with E-state index in [-0.39, 0.29) is 35.8 Å². The fourth-order valence-electron chi connectivity index (χ4n) is 2.58. The maximum atomic E-state index is 12.5. The second kappa shape index (κ2) is 6.47. The van der Waals surface area contributed by atoms with Crippen molar-refractivity contribution in [2.75, 3.05) is 13.7 Å². The van der Waals surface area contributed by atoms with Crippen LogP contribution in [0.5, 0.6) is 11.5 Å². The van der Waals surface area contributed by atoms with Crippen molar-refractivity contribution < 1.29 is 24.5 Å². The molecule has 0 saturated carbocycles. The number of aromatic hydroxyl groups is 2. The number of nitrogens with zero attached hydrogens (tertiary/aromatic N) is 1. The molecule has 1 aromatic rings. The Bertz CT molecular complexity index is 543. The van der Waals surface area contributed by atoms with Gasteiger partial charge in [0.2, 0.25) is 0 Å². The lowest BCUT2D eigenvalue weighted by Crippen LogP contribution is -2.44. The van der Waals surface area contributed by atoms with Gasteiger partial charge in [-0.15, -0.1) is 0 Å². The molecule has 1 fully saturated rings. The first kappa shape index (κ1) is 15.2. The number of ether oxygens (including phenoxy) is 1. The summed E-state index contributed by atoms with van der Waals surface area (Å²) in [5.41, 5.74) is 0.294. The highest BCUT2D eigenvalue weighted by atomic mass is 16.5. The van der Waals surface area contributed by atoms with Gasteiger partial charge in [-0.2, -0.15) is 0 Å². The Hall–Kier alpha value is -2.24. The third-order valence-corrected chi connectivity index (χ3v) is 3.74. The van der Waals surface area contributed by atoms with Gasteiger partial charge in [0.1, 0.15) is 0 Å². The molecule has 1 atom stereocenters. The molecule has 6 heteroatoms. The first-order valence-corrected chi connectivity index (χ1v) is 6.92. The van der Waals surface area contributed by atoms with Crippen molar-refractivity contribution in [2.45, 2.75) is 31.7 Å². The monoisotopic (exact) mass is 293 g/mol. The molecule has 114 valence electrons. The van der Waals surface area contributed by atoms with E-state index in [0.717, 1.165) is 19.3 Å². The minimum absolute atomic E-state index is 0.173. The number of amides is 1. The van der Waals surface area contributed by atoms with Crippen LogP contribution in [-0.4, -0.2) is 46.7 Å². The number of phenolic OH excluding ortho intramolecular Hbond substituents is 2. The highest BCUT2D eigenvalue weighted by molar-refractivity contribution is 5.95. The number of piperidine rings is 1. The minimum atomic E-state index is -0.340. The van der Waals surface area contributed by atoms with Crippen LogP contribution < -0.4 is 0 Å². The standard InChI is InChI=1S/C15H19NO5/c1-21-14(19)9-11-4-2-3-7-16(11)15(20)10-5-6-12(17)13(18)8-10/h5-6,8,11,17-18H,2-4,7,9H2,1H3. The van der Waals surface area contributed by atoms with E-state index in [4.69, 9.17) is 0 Å². The van der Waals surface area contributed by atoms with Crippen LogP contribution in [0.3, 0.4) is 0 Å². The van der Waals surface area contributed by atoms with Gasteiger partial charge >= 0.3 is 5.97 Å². The molecular weight excluding hydrogens is 274 g/mol. The molecule has 0 spiro atoms. The number of hydrogen-bond donors (Lipinski definition) is 2. The normalized spacial score (nSPS) is 18.3. The number of methoxy groups -OCH3 is 1. The van der Waals surface area contributed by atoms with Gasteiger partial charge in [0.25, 0.3) is 5.91 Å². The van der Waals surface area contributed by atoms with Crippen molar-refractivity contribution in [2.24, 2.45) is 0 Å². The maximum absolute atomic E-state index is 12.5. The number of hydrogen-bond acceptors (Lipinski definition) is 5. The summed E-state index contributed by atoms with van der Waals surface area (Å²) in [7, 11) is 1.33. The maximum Gasteiger partial charge on any atom is 0.307 e. The van der Waals surface area contributed by atoms with Crippen LogP contribution >= 0.6 is 0 Å². The molecule has 0 aromatic heterocycles. The highest BCUT2D eigenvalue weighted by Crippen LogP contribution is 2.27. The van der Waals surface area contributed by atoms with Crippen molar-refractivity contribution in [1.29, 1.82) is 0 Å². The summed E-state index contributed by atoms with van der Waals surface area (Å²) in [5.74, 6) is -1.19. The third kappa shape index (κ3) is 3.45. The Labute approximate surface area is 122 Å². The molecule has 1 aliphatic rings. The van der Waals surface area contributed by atoms with Crippen LogP contribution in [0.2, 0.25) is 0 Å². The van der Waals surface area contributed by atoms with E-state index >= 15 is 0 Å². The van der Waals surface area contributed by atoms with Gasteiger partial charge in [-0.1, -0.05) is 0 Å². The summed E-state index contributed by atoms with van der Waals surface area (Å²) in [6.07, 6.45) is 2.77. The van der Waals surface area contributed by atoms with E-state index in [1.54, 1.807) is 4.90 Å². The molecular formula is C15H19NO5. The van der Waals surface area contributed by atoms with E-state index in [2.05, 4.69) is 4.74 Å². The Balaban J connectivity index is 2.17. The second-order valence-electron chi connectivity index (χ2n) is 5.13. The van der Waals surface area contributed by atoms with Gasteiger partial charge in [0.15, 0.2) is 11.5 Å². The number of rotatable bonds is 3. The quantitative estimate of drug-likeness (QED) is 0.653. The van der Waals surface area contributed by atoms with E-state index in [1.807, 2.05) is 0 Å². The molecule has 1 saturated heterocycles. The van der Waals surface area contributed by atoms with Crippen molar-refractivity contribution in [3.63, 3.8) is 0 Å².